The van der Waals surface area contributed by atoms with E-state index in [1.807, 2.05) is 18.2 Å². The summed E-state index contributed by atoms with van der Waals surface area (Å²) in [5.74, 6) is 0.0632. The number of para-hydroxylation sites is 1. The monoisotopic (exact) mass is 399 g/mol. The number of halogens is 1. The van der Waals surface area contributed by atoms with Crippen LogP contribution < -0.4 is 16.2 Å². The molecule has 1 aliphatic heterocycles. The van der Waals surface area contributed by atoms with Crippen LogP contribution in [0.15, 0.2) is 51.8 Å². The predicted molar refractivity (Wildman–Crippen MR) is 105 cm³/mol. The van der Waals surface area contributed by atoms with Crippen molar-refractivity contribution in [2.75, 3.05) is 5.75 Å². The van der Waals surface area contributed by atoms with Gasteiger partial charge in [0, 0.05) is 21.6 Å². The number of thioether (sulfide) groups is 1. The van der Waals surface area contributed by atoms with Gasteiger partial charge in [-0.3, -0.25) is 10.2 Å². The van der Waals surface area contributed by atoms with E-state index in [2.05, 4.69) is 16.2 Å². The van der Waals surface area contributed by atoms with Crippen LogP contribution in [0.5, 0.6) is 0 Å². The Labute approximate surface area is 164 Å². The van der Waals surface area contributed by atoms with Gasteiger partial charge in [0.2, 0.25) is 0 Å². The van der Waals surface area contributed by atoms with Crippen LogP contribution in [0.4, 0.5) is 9.18 Å². The number of carbonyl (C=O) groups is 2. The third kappa shape index (κ3) is 3.55. The largest absolute Gasteiger partial charge is 0.451 e. The molecule has 3 amide bonds. The Morgan fingerprint density at radius 1 is 1.18 bits per heavy atom. The fourth-order valence-corrected chi connectivity index (χ4v) is 4.38. The number of nitrogens with one attached hydrogen (secondary N) is 3. The van der Waals surface area contributed by atoms with Gasteiger partial charge in [-0.2, -0.15) is 0 Å². The minimum Gasteiger partial charge on any atom is -0.451 e. The number of furan rings is 1. The highest BCUT2D eigenvalue weighted by atomic mass is 32.2. The maximum atomic E-state index is 13.6. The average Bonchev–Trinajstić information content (AvgIpc) is 3.04. The fraction of sp³-hybridized carbons (Fsp3) is 0.200. The zero-order chi connectivity index (χ0) is 19.7. The molecular weight excluding hydrogens is 381 g/mol. The molecule has 8 heteroatoms. The molecule has 1 atom stereocenters. The second-order valence-electron chi connectivity index (χ2n) is 6.48. The lowest BCUT2D eigenvalue weighted by Crippen LogP contribution is -2.48. The number of rotatable bonds is 2. The molecule has 0 fully saturated rings. The Bertz CT molecular complexity index is 1070. The van der Waals surface area contributed by atoms with Gasteiger partial charge in [-0.15, -0.1) is 11.8 Å². The number of hydrazine groups is 1. The van der Waals surface area contributed by atoms with E-state index in [-0.39, 0.29) is 17.6 Å². The average molecular weight is 399 g/mol. The van der Waals surface area contributed by atoms with Crippen molar-refractivity contribution in [3.8, 4) is 0 Å². The van der Waals surface area contributed by atoms with Crippen molar-refractivity contribution in [3.05, 3.63) is 65.2 Å². The van der Waals surface area contributed by atoms with Crippen LogP contribution in [-0.2, 0) is 0 Å². The van der Waals surface area contributed by atoms with Gasteiger partial charge in [-0.1, -0.05) is 18.2 Å². The van der Waals surface area contributed by atoms with Crippen LogP contribution in [0.3, 0.4) is 0 Å². The van der Waals surface area contributed by atoms with E-state index < -0.39 is 11.9 Å². The SMILES string of the molecule is Cc1c(C(=O)NNC(=O)N[C@@H]2CCSc3ccc(F)cc32)oc2ccccc12. The summed E-state index contributed by atoms with van der Waals surface area (Å²) in [7, 11) is 0. The van der Waals surface area contributed by atoms with Crippen molar-refractivity contribution >= 4 is 34.7 Å². The highest BCUT2D eigenvalue weighted by Gasteiger charge is 2.23. The Hall–Kier alpha value is -3.00. The van der Waals surface area contributed by atoms with Gasteiger partial charge in [-0.25, -0.2) is 14.6 Å². The van der Waals surface area contributed by atoms with Crippen LogP contribution in [0.1, 0.15) is 34.1 Å². The summed E-state index contributed by atoms with van der Waals surface area (Å²) < 4.78 is 19.1. The van der Waals surface area contributed by atoms with Gasteiger partial charge in [0.25, 0.3) is 0 Å². The van der Waals surface area contributed by atoms with E-state index in [0.29, 0.717) is 17.6 Å². The zero-order valence-electron chi connectivity index (χ0n) is 15.0. The number of aryl methyl sites for hydroxylation is 1. The molecule has 0 radical (unpaired) electrons. The molecule has 1 aromatic heterocycles. The van der Waals surface area contributed by atoms with E-state index in [4.69, 9.17) is 4.42 Å². The lowest BCUT2D eigenvalue weighted by Gasteiger charge is -2.26. The molecule has 0 unspecified atom stereocenters. The van der Waals surface area contributed by atoms with E-state index in [0.717, 1.165) is 21.6 Å². The summed E-state index contributed by atoms with van der Waals surface area (Å²) in [4.78, 5) is 25.5. The van der Waals surface area contributed by atoms with Crippen LogP contribution in [0.2, 0.25) is 0 Å². The molecule has 0 aliphatic carbocycles. The lowest BCUT2D eigenvalue weighted by molar-refractivity contribution is 0.0909. The van der Waals surface area contributed by atoms with Gasteiger partial charge in [0.15, 0.2) is 5.76 Å². The molecule has 3 N–H and O–H groups in total. The Balaban J connectivity index is 1.40. The van der Waals surface area contributed by atoms with E-state index in [1.165, 1.54) is 12.1 Å². The van der Waals surface area contributed by atoms with Crippen LogP contribution >= 0.6 is 11.8 Å². The molecule has 2 heterocycles. The first-order valence-corrected chi connectivity index (χ1v) is 9.78. The van der Waals surface area contributed by atoms with Crippen molar-refractivity contribution in [3.63, 3.8) is 0 Å². The standard InChI is InChI=1S/C20H18FN3O3S/c1-11-13-4-2-3-5-16(13)27-18(11)19(25)23-24-20(26)22-15-8-9-28-17-7-6-12(21)10-14(15)17/h2-7,10,15H,8-9H2,1H3,(H,23,25)(H2,22,24,26)/t15-/m1/s1. The number of amides is 3. The van der Waals surface area contributed by atoms with Crippen LogP contribution in [0.25, 0.3) is 11.0 Å². The lowest BCUT2D eigenvalue weighted by atomic mass is 10.0. The zero-order valence-corrected chi connectivity index (χ0v) is 15.9. The van der Waals surface area contributed by atoms with E-state index in [9.17, 15) is 14.0 Å². The molecule has 3 aromatic rings. The smallest absolute Gasteiger partial charge is 0.333 e. The molecule has 0 saturated carbocycles. The second-order valence-corrected chi connectivity index (χ2v) is 7.61. The van der Waals surface area contributed by atoms with E-state index in [1.54, 1.807) is 30.8 Å². The van der Waals surface area contributed by atoms with E-state index >= 15 is 0 Å². The first-order valence-electron chi connectivity index (χ1n) is 8.80. The van der Waals surface area contributed by atoms with Gasteiger partial charge >= 0.3 is 11.9 Å². The molecule has 144 valence electrons. The Morgan fingerprint density at radius 3 is 2.82 bits per heavy atom. The topological polar surface area (TPSA) is 83.4 Å². The number of benzene rings is 2. The number of hydrogen-bond acceptors (Lipinski definition) is 4. The van der Waals surface area contributed by atoms with Crippen molar-refractivity contribution in [1.82, 2.24) is 16.2 Å². The van der Waals surface area contributed by atoms with Crippen LogP contribution in [-0.4, -0.2) is 17.7 Å². The quantitative estimate of drug-likeness (QED) is 0.568. The molecule has 6 nitrogen and oxygen atoms in total. The Kier molecular flexibility index (Phi) is 4.95. The molecule has 0 bridgehead atoms. The third-order valence-electron chi connectivity index (χ3n) is 4.66. The first-order chi connectivity index (χ1) is 13.5. The van der Waals surface area contributed by atoms with Gasteiger partial charge in [0.1, 0.15) is 11.4 Å². The molecule has 28 heavy (non-hydrogen) atoms. The summed E-state index contributed by atoms with van der Waals surface area (Å²) in [5, 5.41) is 3.62. The normalized spacial score (nSPS) is 15.7. The first kappa shape index (κ1) is 18.4. The van der Waals surface area contributed by atoms with Crippen LogP contribution in [0, 0.1) is 12.7 Å². The number of urea groups is 1. The summed E-state index contributed by atoms with van der Waals surface area (Å²) in [5.41, 5.74) is 6.73. The molecule has 4 rings (SSSR count). The molecule has 1 aliphatic rings. The number of fused-ring (bicyclic) bond motifs is 2. The van der Waals surface area contributed by atoms with Crippen molar-refractivity contribution in [1.29, 1.82) is 0 Å². The molecule has 0 saturated heterocycles. The summed E-state index contributed by atoms with van der Waals surface area (Å²) >= 11 is 1.63. The summed E-state index contributed by atoms with van der Waals surface area (Å²) in [6.07, 6.45) is 0.672. The highest BCUT2D eigenvalue weighted by molar-refractivity contribution is 7.99. The minimum atomic E-state index is -0.575. The van der Waals surface area contributed by atoms with Gasteiger partial charge in [-0.05, 0) is 43.2 Å². The van der Waals surface area contributed by atoms with Gasteiger partial charge in [0.05, 0.1) is 6.04 Å². The maximum absolute atomic E-state index is 13.6. The van der Waals surface area contributed by atoms with Gasteiger partial charge < -0.3 is 9.73 Å². The summed E-state index contributed by atoms with van der Waals surface area (Å²) in [6.45, 7) is 1.78. The molecule has 0 spiro atoms. The minimum absolute atomic E-state index is 0.142. The predicted octanol–water partition coefficient (Wildman–Crippen LogP) is 4.06. The third-order valence-corrected chi connectivity index (χ3v) is 5.78. The van der Waals surface area contributed by atoms with Crippen molar-refractivity contribution in [2.24, 2.45) is 0 Å². The molecular formula is C20H18FN3O3S. The Morgan fingerprint density at radius 2 is 2.00 bits per heavy atom. The molecule has 2 aromatic carbocycles. The number of hydrogen-bond donors (Lipinski definition) is 3. The summed E-state index contributed by atoms with van der Waals surface area (Å²) in [6, 6.07) is 11.0. The fourth-order valence-electron chi connectivity index (χ4n) is 3.27. The van der Waals surface area contributed by atoms with Crippen molar-refractivity contribution in [2.45, 2.75) is 24.3 Å². The second kappa shape index (κ2) is 7.55. The maximum Gasteiger partial charge on any atom is 0.333 e. The highest BCUT2D eigenvalue weighted by Crippen LogP contribution is 2.36. The number of carbonyl (C=O) groups excluding carboxylic acids is 2. The van der Waals surface area contributed by atoms with Crippen molar-refractivity contribution < 1.29 is 18.4 Å².